The maximum absolute atomic E-state index is 13.9. The summed E-state index contributed by atoms with van der Waals surface area (Å²) in [6.45, 7) is 10.3. The fourth-order valence-corrected chi connectivity index (χ4v) is 7.87. The number of carbonyl (C=O) groups excluding carboxylic acids is 1. The molecule has 5 unspecified atom stereocenters. The minimum absolute atomic E-state index is 0.00857. The molecule has 1 aliphatic carbocycles. The number of nitrogens with one attached hydrogen (secondary N) is 1. The van der Waals surface area contributed by atoms with Crippen molar-refractivity contribution in [2.45, 2.75) is 71.1 Å². The van der Waals surface area contributed by atoms with E-state index in [0.29, 0.717) is 28.4 Å². The molecule has 43 heavy (non-hydrogen) atoms. The second-order valence-corrected chi connectivity index (χ2v) is 13.9. The van der Waals surface area contributed by atoms with E-state index in [2.05, 4.69) is 12.2 Å². The van der Waals surface area contributed by atoms with Crippen molar-refractivity contribution in [2.75, 3.05) is 25.1 Å². The van der Waals surface area contributed by atoms with Crippen LogP contribution in [0.5, 0.6) is 11.5 Å². The van der Waals surface area contributed by atoms with Crippen LogP contribution >= 0.6 is 11.6 Å². The van der Waals surface area contributed by atoms with Gasteiger partial charge in [-0.3, -0.25) is 4.79 Å². The Labute approximate surface area is 260 Å². The van der Waals surface area contributed by atoms with Crippen molar-refractivity contribution >= 4 is 23.2 Å². The van der Waals surface area contributed by atoms with E-state index in [1.54, 1.807) is 7.11 Å². The smallest absolute Gasteiger partial charge is 0.232 e. The second kappa shape index (κ2) is 11.5. The molecule has 228 valence electrons. The van der Waals surface area contributed by atoms with Crippen LogP contribution in [-0.4, -0.2) is 37.3 Å². The van der Waals surface area contributed by atoms with E-state index in [-0.39, 0.29) is 29.9 Å². The number of aliphatic hydroxyl groups is 1. The fourth-order valence-electron chi connectivity index (χ4n) is 7.75. The Kier molecular flexibility index (Phi) is 7.99. The minimum atomic E-state index is -0.960. The monoisotopic (exact) mass is 602 g/mol. The molecule has 5 atom stereocenters. The molecular formula is C36H43ClN2O4. The molecule has 0 aromatic heterocycles. The number of piperidine rings is 1. The van der Waals surface area contributed by atoms with Crippen molar-refractivity contribution in [1.82, 2.24) is 5.32 Å². The van der Waals surface area contributed by atoms with E-state index < -0.39 is 5.60 Å². The van der Waals surface area contributed by atoms with Gasteiger partial charge in [0.1, 0.15) is 0 Å². The molecule has 1 saturated heterocycles. The van der Waals surface area contributed by atoms with Crippen LogP contribution in [0.4, 0.5) is 5.69 Å². The summed E-state index contributed by atoms with van der Waals surface area (Å²) in [5.41, 5.74) is 3.78. The molecule has 3 aromatic carbocycles. The van der Waals surface area contributed by atoms with Crippen LogP contribution in [0.3, 0.4) is 0 Å². The van der Waals surface area contributed by atoms with Crippen molar-refractivity contribution in [3.05, 3.63) is 87.9 Å². The van der Waals surface area contributed by atoms with E-state index in [4.69, 9.17) is 21.1 Å². The molecule has 6 nitrogen and oxygen atoms in total. The van der Waals surface area contributed by atoms with E-state index in [0.717, 1.165) is 47.5 Å². The number of fused-ring (bicyclic) bond motifs is 3. The summed E-state index contributed by atoms with van der Waals surface area (Å²) in [7, 11) is 1.62. The average Bonchev–Trinajstić information content (AvgIpc) is 3.12. The van der Waals surface area contributed by atoms with E-state index in [9.17, 15) is 9.90 Å². The van der Waals surface area contributed by atoms with Gasteiger partial charge in [0.15, 0.2) is 11.5 Å². The lowest BCUT2D eigenvalue weighted by molar-refractivity contribution is -0.118. The highest BCUT2D eigenvalue weighted by Crippen LogP contribution is 2.53. The van der Waals surface area contributed by atoms with Crippen LogP contribution in [0.2, 0.25) is 5.02 Å². The van der Waals surface area contributed by atoms with Gasteiger partial charge in [-0.2, -0.15) is 0 Å². The highest BCUT2D eigenvalue weighted by molar-refractivity contribution is 6.30. The summed E-state index contributed by atoms with van der Waals surface area (Å²) in [6.07, 6.45) is 3.38. The topological polar surface area (TPSA) is 71.0 Å². The van der Waals surface area contributed by atoms with Gasteiger partial charge in [-0.25, -0.2) is 0 Å². The van der Waals surface area contributed by atoms with Gasteiger partial charge in [0.2, 0.25) is 5.91 Å². The van der Waals surface area contributed by atoms with Crippen molar-refractivity contribution in [3.63, 3.8) is 0 Å². The van der Waals surface area contributed by atoms with Gasteiger partial charge in [-0.15, -0.1) is 0 Å². The number of nitrogens with zero attached hydrogens (tertiary/aromatic N) is 1. The summed E-state index contributed by atoms with van der Waals surface area (Å²) in [4.78, 5) is 15.8. The van der Waals surface area contributed by atoms with Crippen LogP contribution in [-0.2, 0) is 16.8 Å². The highest BCUT2D eigenvalue weighted by atomic mass is 35.5. The number of ether oxygens (including phenoxy) is 2. The molecular weight excluding hydrogens is 560 g/mol. The van der Waals surface area contributed by atoms with E-state index in [1.807, 2.05) is 86.3 Å². The lowest BCUT2D eigenvalue weighted by Gasteiger charge is -2.42. The Morgan fingerprint density at radius 2 is 1.84 bits per heavy atom. The van der Waals surface area contributed by atoms with Gasteiger partial charge in [0, 0.05) is 17.3 Å². The van der Waals surface area contributed by atoms with Gasteiger partial charge in [0.25, 0.3) is 0 Å². The third-order valence-electron chi connectivity index (χ3n) is 10.0. The quantitative estimate of drug-likeness (QED) is 0.289. The van der Waals surface area contributed by atoms with Crippen LogP contribution in [0.15, 0.2) is 60.7 Å². The number of anilines is 1. The Bertz CT molecular complexity index is 1480. The Morgan fingerprint density at radius 1 is 1.12 bits per heavy atom. The first-order valence-electron chi connectivity index (χ1n) is 15.5. The predicted molar refractivity (Wildman–Crippen MR) is 171 cm³/mol. The van der Waals surface area contributed by atoms with Crippen molar-refractivity contribution in [1.29, 1.82) is 0 Å². The van der Waals surface area contributed by atoms with E-state index >= 15 is 0 Å². The molecule has 1 saturated carbocycles. The molecule has 0 radical (unpaired) electrons. The van der Waals surface area contributed by atoms with Crippen molar-refractivity contribution in [3.8, 4) is 11.5 Å². The molecule has 3 aromatic rings. The zero-order valence-electron chi connectivity index (χ0n) is 25.8. The number of hydrogen-bond donors (Lipinski definition) is 2. The normalized spacial score (nSPS) is 26.3. The number of methoxy groups -OCH3 is 1. The number of carbonyl (C=O) groups is 1. The highest BCUT2D eigenvalue weighted by Gasteiger charge is 2.49. The molecule has 1 amide bonds. The average molecular weight is 603 g/mol. The molecule has 2 N–H and O–H groups in total. The molecule has 7 heteroatoms. The van der Waals surface area contributed by atoms with E-state index in [1.165, 1.54) is 12.8 Å². The first kappa shape index (κ1) is 30.0. The number of amides is 1. The number of rotatable bonds is 8. The summed E-state index contributed by atoms with van der Waals surface area (Å²) < 4.78 is 11.8. The second-order valence-electron chi connectivity index (χ2n) is 13.5. The minimum Gasteiger partial charge on any atom is -0.493 e. The molecule has 6 rings (SSSR count). The van der Waals surface area contributed by atoms with Gasteiger partial charge in [-0.05, 0) is 122 Å². The fraction of sp³-hybridized carbons (Fsp3) is 0.472. The Hall–Kier alpha value is -3.06. The van der Waals surface area contributed by atoms with Crippen LogP contribution < -0.4 is 19.7 Å². The van der Waals surface area contributed by atoms with Crippen LogP contribution in [0.25, 0.3) is 0 Å². The zero-order chi connectivity index (χ0) is 30.5. The standard InChI is InChI=1S/C36H43ClN2O4/c1-22(2)43-32-18-29-25(16-31(32)42-5)17-33(40)39(34(29)23-6-10-27(37)11-7-23)28-12-8-26(9-13-28)36(4,41)19-30-24-14-15-35(30,3)21-38-20-24/h6-13,16,18,22,24,30,34,38,41H,14-15,17,19-21H2,1-5H3. The summed E-state index contributed by atoms with van der Waals surface area (Å²) >= 11 is 6.27. The molecule has 2 fully saturated rings. The number of hydrogen-bond acceptors (Lipinski definition) is 5. The van der Waals surface area contributed by atoms with Gasteiger partial charge in [0.05, 0.1) is 31.3 Å². The molecule has 2 aliphatic heterocycles. The third-order valence-corrected chi connectivity index (χ3v) is 10.3. The lowest BCUT2D eigenvalue weighted by Crippen LogP contribution is -2.46. The maximum atomic E-state index is 13.9. The van der Waals surface area contributed by atoms with Gasteiger partial charge >= 0.3 is 0 Å². The zero-order valence-corrected chi connectivity index (χ0v) is 26.6. The molecule has 2 bridgehead atoms. The first-order chi connectivity index (χ1) is 20.5. The van der Waals surface area contributed by atoms with Gasteiger partial charge in [-0.1, -0.05) is 42.8 Å². The summed E-state index contributed by atoms with van der Waals surface area (Å²) in [5.74, 6) is 2.35. The molecule has 3 aliphatic rings. The summed E-state index contributed by atoms with van der Waals surface area (Å²) in [5, 5.41) is 16.0. The molecule has 2 heterocycles. The number of halogens is 1. The number of benzene rings is 3. The maximum Gasteiger partial charge on any atom is 0.232 e. The van der Waals surface area contributed by atoms with Crippen molar-refractivity contribution < 1.29 is 19.4 Å². The SMILES string of the molecule is COc1cc2c(cc1OC(C)C)C(c1ccc(Cl)cc1)N(c1ccc(C(C)(O)CC3C4CCC3(C)CNC4)cc1)C(=O)C2. The van der Waals surface area contributed by atoms with Gasteiger partial charge < -0.3 is 24.8 Å². The largest absolute Gasteiger partial charge is 0.493 e. The Morgan fingerprint density at radius 3 is 2.49 bits per heavy atom. The lowest BCUT2D eigenvalue weighted by atomic mass is 9.69. The van der Waals surface area contributed by atoms with Crippen LogP contribution in [0.1, 0.15) is 75.3 Å². The molecule has 0 spiro atoms. The Balaban J connectivity index is 1.36. The first-order valence-corrected chi connectivity index (χ1v) is 15.9. The van der Waals surface area contributed by atoms with Crippen molar-refractivity contribution in [2.24, 2.45) is 17.3 Å². The third kappa shape index (κ3) is 5.65. The summed E-state index contributed by atoms with van der Waals surface area (Å²) in [6, 6.07) is 19.2. The van der Waals surface area contributed by atoms with Crippen LogP contribution in [0, 0.1) is 17.3 Å². The predicted octanol–water partition coefficient (Wildman–Crippen LogP) is 7.05.